The second-order valence-electron chi connectivity index (χ2n) is 4.01. The lowest BCUT2D eigenvalue weighted by Gasteiger charge is -2.04. The van der Waals surface area contributed by atoms with Gasteiger partial charge < -0.3 is 0 Å². The zero-order chi connectivity index (χ0) is 15.6. The molecule has 0 unspecified atom stereocenters. The molecule has 0 spiro atoms. The first-order chi connectivity index (χ1) is 9.93. The van der Waals surface area contributed by atoms with Gasteiger partial charge in [-0.2, -0.15) is 0 Å². The van der Waals surface area contributed by atoms with Gasteiger partial charge in [0.1, 0.15) is 16.0 Å². The number of hydrogen-bond acceptors (Lipinski definition) is 5. The number of rotatable bonds is 4. The minimum absolute atomic E-state index is 0.0931. The molecule has 7 nitrogen and oxygen atoms in total. The van der Waals surface area contributed by atoms with Crippen molar-refractivity contribution in [1.29, 1.82) is 0 Å². The summed E-state index contributed by atoms with van der Waals surface area (Å²) in [5, 5.41) is 22.0. The third-order valence-electron chi connectivity index (χ3n) is 2.77. The Labute approximate surface area is 123 Å². The van der Waals surface area contributed by atoms with Crippen molar-refractivity contribution in [2.45, 2.75) is 4.90 Å². The van der Waals surface area contributed by atoms with E-state index in [4.69, 9.17) is 12.6 Å². The van der Waals surface area contributed by atoms with Crippen LogP contribution in [0.15, 0.2) is 47.4 Å². The molecular formula is C13H7N2O5S. The van der Waals surface area contributed by atoms with Crippen LogP contribution >= 0.6 is 12.6 Å². The monoisotopic (exact) mass is 303 g/mol. The molecular weight excluding hydrogens is 296 g/mol. The Morgan fingerprint density at radius 2 is 1.52 bits per heavy atom. The number of nitro benzene ring substituents is 2. The van der Waals surface area contributed by atoms with Crippen LogP contribution in [0.1, 0.15) is 15.9 Å². The third kappa shape index (κ3) is 2.70. The topological polar surface area (TPSA) is 103 Å². The highest BCUT2D eigenvalue weighted by Crippen LogP contribution is 2.30. The number of para-hydroxylation sites is 2. The van der Waals surface area contributed by atoms with Crippen LogP contribution in [0.5, 0.6) is 0 Å². The lowest BCUT2D eigenvalue weighted by Crippen LogP contribution is -2.08. The summed E-state index contributed by atoms with van der Waals surface area (Å²) < 4.78 is 0. The van der Waals surface area contributed by atoms with E-state index in [0.717, 1.165) is 6.07 Å². The normalized spacial score (nSPS) is 10.1. The Bertz CT molecular complexity index is 760. The van der Waals surface area contributed by atoms with E-state index < -0.39 is 27.0 Å². The molecule has 105 valence electrons. The maximum Gasteiger partial charge on any atom is 0.298 e. The van der Waals surface area contributed by atoms with Gasteiger partial charge in [-0.15, -0.1) is 0 Å². The quantitative estimate of drug-likeness (QED) is 0.489. The van der Waals surface area contributed by atoms with Crippen LogP contribution in [-0.4, -0.2) is 15.6 Å². The van der Waals surface area contributed by atoms with Crippen molar-refractivity contribution in [2.24, 2.45) is 0 Å². The molecule has 2 aromatic carbocycles. The van der Waals surface area contributed by atoms with Crippen molar-refractivity contribution in [2.75, 3.05) is 0 Å². The minimum Gasteiger partial charge on any atom is -0.288 e. The molecule has 1 radical (unpaired) electrons. The number of nitrogens with zero attached hydrogens (tertiary/aromatic N) is 2. The van der Waals surface area contributed by atoms with E-state index in [2.05, 4.69) is 0 Å². The molecule has 0 saturated carbocycles. The molecule has 0 aliphatic rings. The fraction of sp³-hybridized carbons (Fsp3) is 0. The van der Waals surface area contributed by atoms with Gasteiger partial charge in [-0.3, -0.25) is 25.0 Å². The van der Waals surface area contributed by atoms with Gasteiger partial charge >= 0.3 is 0 Å². The second-order valence-corrected chi connectivity index (χ2v) is 4.45. The number of ketones is 1. The largest absolute Gasteiger partial charge is 0.298 e. The average molecular weight is 303 g/mol. The summed E-state index contributed by atoms with van der Waals surface area (Å²) in [7, 11) is 0. The first kappa shape index (κ1) is 14.5. The van der Waals surface area contributed by atoms with Gasteiger partial charge in [0.15, 0.2) is 0 Å². The predicted molar refractivity (Wildman–Crippen MR) is 75.5 cm³/mol. The Morgan fingerprint density at radius 3 is 2.14 bits per heavy atom. The third-order valence-corrected chi connectivity index (χ3v) is 3.10. The molecule has 0 saturated heterocycles. The van der Waals surface area contributed by atoms with Crippen LogP contribution in [0.25, 0.3) is 0 Å². The minimum atomic E-state index is -0.805. The highest BCUT2D eigenvalue weighted by Gasteiger charge is 2.28. The fourth-order valence-corrected chi connectivity index (χ4v) is 2.13. The van der Waals surface area contributed by atoms with Crippen LogP contribution in [0.2, 0.25) is 0 Å². The maximum atomic E-state index is 12.4. The predicted octanol–water partition coefficient (Wildman–Crippen LogP) is 3.29. The maximum absolute atomic E-state index is 12.4. The lowest BCUT2D eigenvalue weighted by atomic mass is 10.0. The Balaban J connectivity index is 2.64. The SMILES string of the molecule is O=C(c1ccccc1[N+](=O)[O-])c1cccc([S])c1[N+](=O)[O-]. The molecule has 2 rings (SSSR count). The smallest absolute Gasteiger partial charge is 0.288 e. The van der Waals surface area contributed by atoms with E-state index in [1.54, 1.807) is 0 Å². The van der Waals surface area contributed by atoms with Gasteiger partial charge in [0.2, 0.25) is 5.78 Å². The number of nitro groups is 2. The summed E-state index contributed by atoms with van der Waals surface area (Å²) >= 11 is 4.84. The molecule has 0 aromatic heterocycles. The van der Waals surface area contributed by atoms with Crippen molar-refractivity contribution in [3.05, 3.63) is 73.8 Å². The van der Waals surface area contributed by atoms with Gasteiger partial charge in [0.25, 0.3) is 11.4 Å². The Hall–Kier alpha value is -2.87. The van der Waals surface area contributed by atoms with Crippen LogP contribution in [0.4, 0.5) is 11.4 Å². The molecule has 0 bridgehead atoms. The van der Waals surface area contributed by atoms with Gasteiger partial charge in [-0.1, -0.05) is 30.8 Å². The zero-order valence-electron chi connectivity index (χ0n) is 10.4. The molecule has 0 heterocycles. The Morgan fingerprint density at radius 1 is 0.905 bits per heavy atom. The number of carbonyl (C=O) groups is 1. The molecule has 0 aliphatic carbocycles. The average Bonchev–Trinajstić information content (AvgIpc) is 2.45. The highest BCUT2D eigenvalue weighted by molar-refractivity contribution is 7.80. The summed E-state index contributed by atoms with van der Waals surface area (Å²) in [6, 6.07) is 9.22. The van der Waals surface area contributed by atoms with E-state index in [1.165, 1.54) is 36.4 Å². The molecule has 0 aliphatic heterocycles. The van der Waals surface area contributed by atoms with Crippen molar-refractivity contribution >= 4 is 29.8 Å². The van der Waals surface area contributed by atoms with Gasteiger partial charge in [-0.05, 0) is 18.2 Å². The molecule has 0 N–H and O–H groups in total. The summed E-state index contributed by atoms with van der Waals surface area (Å²) in [5.74, 6) is -0.805. The molecule has 0 atom stereocenters. The van der Waals surface area contributed by atoms with Gasteiger partial charge in [0.05, 0.1) is 9.85 Å². The molecule has 21 heavy (non-hydrogen) atoms. The molecule has 2 aromatic rings. The van der Waals surface area contributed by atoms with E-state index in [1.807, 2.05) is 0 Å². The van der Waals surface area contributed by atoms with Crippen molar-refractivity contribution < 1.29 is 14.6 Å². The lowest BCUT2D eigenvalue weighted by molar-refractivity contribution is -0.388. The standard InChI is InChI=1S/C13H7N2O5S/c16-13(8-4-1-2-6-10(8)14(17)18)9-5-3-7-11(21)12(9)15(19)20/h1-7H. The van der Waals surface area contributed by atoms with Crippen LogP contribution in [0, 0.1) is 20.2 Å². The number of carbonyl (C=O) groups excluding carboxylic acids is 1. The van der Waals surface area contributed by atoms with Gasteiger partial charge in [0, 0.05) is 6.07 Å². The molecule has 0 fully saturated rings. The van der Waals surface area contributed by atoms with Crippen LogP contribution in [0.3, 0.4) is 0 Å². The summed E-state index contributed by atoms with van der Waals surface area (Å²) in [4.78, 5) is 32.8. The van der Waals surface area contributed by atoms with Gasteiger partial charge in [-0.25, -0.2) is 0 Å². The van der Waals surface area contributed by atoms with Crippen molar-refractivity contribution in [3.8, 4) is 0 Å². The van der Waals surface area contributed by atoms with E-state index >= 15 is 0 Å². The van der Waals surface area contributed by atoms with Crippen molar-refractivity contribution in [3.63, 3.8) is 0 Å². The second kappa shape index (κ2) is 5.63. The summed E-state index contributed by atoms with van der Waals surface area (Å²) in [5.41, 5.74) is -1.41. The number of hydrogen-bond donors (Lipinski definition) is 0. The summed E-state index contributed by atoms with van der Waals surface area (Å²) in [6.07, 6.45) is 0. The van der Waals surface area contributed by atoms with Crippen LogP contribution < -0.4 is 0 Å². The first-order valence-corrected chi connectivity index (χ1v) is 6.07. The van der Waals surface area contributed by atoms with Crippen molar-refractivity contribution in [1.82, 2.24) is 0 Å². The van der Waals surface area contributed by atoms with E-state index in [-0.39, 0.29) is 16.0 Å². The van der Waals surface area contributed by atoms with E-state index in [0.29, 0.717) is 0 Å². The first-order valence-electron chi connectivity index (χ1n) is 5.66. The molecule has 0 amide bonds. The Kier molecular flexibility index (Phi) is 3.90. The van der Waals surface area contributed by atoms with E-state index in [9.17, 15) is 25.0 Å². The fourth-order valence-electron chi connectivity index (χ4n) is 1.86. The summed E-state index contributed by atoms with van der Waals surface area (Å²) in [6.45, 7) is 0. The van der Waals surface area contributed by atoms with Crippen LogP contribution in [-0.2, 0) is 0 Å². The molecule has 8 heteroatoms. The zero-order valence-corrected chi connectivity index (χ0v) is 11.2. The number of benzene rings is 2. The highest BCUT2D eigenvalue weighted by atomic mass is 32.1.